The minimum Gasteiger partial charge on any atom is -0.363 e. The van der Waals surface area contributed by atoms with Gasteiger partial charge in [-0.2, -0.15) is 0 Å². The molecule has 0 aromatic rings. The molecule has 0 aromatic carbocycles. The van der Waals surface area contributed by atoms with Crippen molar-refractivity contribution in [2.45, 2.75) is 6.42 Å². The second kappa shape index (κ2) is 2.64. The van der Waals surface area contributed by atoms with Crippen molar-refractivity contribution in [3.8, 4) is 0 Å². The maximum Gasteiger partial charge on any atom is 0.172 e. The normalized spacial score (nSPS) is 20.6. The smallest absolute Gasteiger partial charge is 0.172 e. The molecule has 0 saturated carbocycles. The summed E-state index contributed by atoms with van der Waals surface area (Å²) in [5.74, 6) is 0. The third-order valence-electron chi connectivity index (χ3n) is 0.768. The van der Waals surface area contributed by atoms with Gasteiger partial charge in [0, 0.05) is 0 Å². The molecule has 1 N–H and O–H groups in total. The van der Waals surface area contributed by atoms with Crippen molar-refractivity contribution >= 4 is 0 Å². The summed E-state index contributed by atoms with van der Waals surface area (Å²) < 4.78 is 4.90. The zero-order valence-electron chi connectivity index (χ0n) is 4.05. The Morgan fingerprint density at radius 2 is 2.57 bits per heavy atom. The lowest BCUT2D eigenvalue weighted by molar-refractivity contribution is 0.197. The molecule has 7 heavy (non-hydrogen) atoms. The lowest BCUT2D eigenvalue weighted by Gasteiger charge is -1.92. The molecule has 2 heteroatoms. The average Bonchev–Trinajstić information content (AvgIpc) is 1.90. The third-order valence-corrected chi connectivity index (χ3v) is 0.768. The van der Waals surface area contributed by atoms with Gasteiger partial charge in [-0.05, 0) is 12.6 Å². The quantitative estimate of drug-likeness (QED) is 0.479. The van der Waals surface area contributed by atoms with E-state index in [4.69, 9.17) is 4.74 Å². The van der Waals surface area contributed by atoms with Gasteiger partial charge in [0.15, 0.2) is 6.73 Å². The third kappa shape index (κ3) is 1.59. The Kier molecular flexibility index (Phi) is 1.75. The summed E-state index contributed by atoms with van der Waals surface area (Å²) in [6.45, 7) is 2.38. The molecule has 0 spiro atoms. The number of hydrogen-bond donors (Lipinski definition) is 1. The second-order valence-corrected chi connectivity index (χ2v) is 1.35. The van der Waals surface area contributed by atoms with Crippen molar-refractivity contribution in [3.05, 3.63) is 19.0 Å². The summed E-state index contributed by atoms with van der Waals surface area (Å²) >= 11 is 0. The summed E-state index contributed by atoms with van der Waals surface area (Å²) in [5.41, 5.74) is 0. The van der Waals surface area contributed by atoms with E-state index in [1.54, 1.807) is 6.73 Å². The Hall–Kier alpha value is -0.500. The molecule has 0 unspecified atom stereocenters. The predicted octanol–water partition coefficient (Wildman–Crippen LogP) is 0.629. The van der Waals surface area contributed by atoms with Gasteiger partial charge in [-0.3, -0.25) is 0 Å². The number of rotatable bonds is 0. The summed E-state index contributed by atoms with van der Waals surface area (Å²) in [7, 11) is 0. The van der Waals surface area contributed by atoms with Crippen LogP contribution in [0, 0.1) is 6.73 Å². The first-order valence-corrected chi connectivity index (χ1v) is 2.34. The molecule has 1 radical (unpaired) electrons. The highest BCUT2D eigenvalue weighted by Crippen LogP contribution is 1.89. The van der Waals surface area contributed by atoms with E-state index in [-0.39, 0.29) is 0 Å². The average molecular weight is 98.1 g/mol. The maximum atomic E-state index is 4.90. The Morgan fingerprint density at radius 1 is 1.57 bits per heavy atom. The summed E-state index contributed by atoms with van der Waals surface area (Å²) in [4.78, 5) is 0. The molecular weight excluding hydrogens is 90.1 g/mol. The van der Waals surface area contributed by atoms with Crippen molar-refractivity contribution in [1.29, 1.82) is 0 Å². The van der Waals surface area contributed by atoms with Crippen LogP contribution in [0.5, 0.6) is 0 Å². The van der Waals surface area contributed by atoms with Crippen LogP contribution in [0.25, 0.3) is 0 Å². The fourth-order valence-corrected chi connectivity index (χ4v) is 0.434. The van der Waals surface area contributed by atoms with Crippen LogP contribution in [0.4, 0.5) is 0 Å². The van der Waals surface area contributed by atoms with E-state index >= 15 is 0 Å². The molecular formula is C5H8NO. The van der Waals surface area contributed by atoms with Crippen molar-refractivity contribution < 1.29 is 4.74 Å². The van der Waals surface area contributed by atoms with Gasteiger partial charge >= 0.3 is 0 Å². The van der Waals surface area contributed by atoms with E-state index in [1.165, 1.54) is 0 Å². The number of hydrogen-bond acceptors (Lipinski definition) is 2. The monoisotopic (exact) mass is 98.1 g/mol. The molecule has 0 bridgehead atoms. The molecule has 39 valence electrons. The van der Waals surface area contributed by atoms with E-state index in [0.717, 1.165) is 13.0 Å². The predicted molar refractivity (Wildman–Crippen MR) is 27.1 cm³/mol. The highest BCUT2D eigenvalue weighted by atomic mass is 16.5. The van der Waals surface area contributed by atoms with Crippen LogP contribution in [-0.2, 0) is 4.74 Å². The van der Waals surface area contributed by atoms with Crippen LogP contribution in [0.15, 0.2) is 12.3 Å². The van der Waals surface area contributed by atoms with Gasteiger partial charge in [0.2, 0.25) is 0 Å². The van der Waals surface area contributed by atoms with E-state index in [0.29, 0.717) is 0 Å². The van der Waals surface area contributed by atoms with Crippen molar-refractivity contribution in [3.63, 3.8) is 0 Å². The highest BCUT2D eigenvalue weighted by Gasteiger charge is 1.86. The SMILES string of the molecule is [CH]1NC=CCCO1. The zero-order chi connectivity index (χ0) is 4.95. The Balaban J connectivity index is 2.20. The van der Waals surface area contributed by atoms with Crippen LogP contribution in [0.3, 0.4) is 0 Å². The van der Waals surface area contributed by atoms with Gasteiger partial charge in [0.05, 0.1) is 6.61 Å². The van der Waals surface area contributed by atoms with E-state index in [9.17, 15) is 0 Å². The second-order valence-electron chi connectivity index (χ2n) is 1.35. The molecule has 0 fully saturated rings. The largest absolute Gasteiger partial charge is 0.363 e. The first kappa shape index (κ1) is 4.65. The number of ether oxygens (including phenoxy) is 1. The van der Waals surface area contributed by atoms with Gasteiger partial charge in [-0.15, -0.1) is 0 Å². The van der Waals surface area contributed by atoms with Gasteiger partial charge in [-0.1, -0.05) is 6.08 Å². The number of nitrogens with one attached hydrogen (secondary N) is 1. The molecule has 2 nitrogen and oxygen atoms in total. The van der Waals surface area contributed by atoms with E-state index in [1.807, 2.05) is 12.3 Å². The Labute approximate surface area is 43.2 Å². The molecule has 0 saturated heterocycles. The fourth-order valence-electron chi connectivity index (χ4n) is 0.434. The van der Waals surface area contributed by atoms with E-state index in [2.05, 4.69) is 5.32 Å². The minimum absolute atomic E-state index is 0.795. The summed E-state index contributed by atoms with van der Waals surface area (Å²) in [6.07, 6.45) is 4.90. The van der Waals surface area contributed by atoms with Gasteiger partial charge < -0.3 is 10.1 Å². The first-order valence-electron chi connectivity index (χ1n) is 2.34. The Morgan fingerprint density at radius 3 is 3.57 bits per heavy atom. The van der Waals surface area contributed by atoms with Crippen molar-refractivity contribution in [2.24, 2.45) is 0 Å². The molecule has 0 atom stereocenters. The van der Waals surface area contributed by atoms with Gasteiger partial charge in [-0.25, -0.2) is 0 Å². The summed E-state index contributed by atoms with van der Waals surface area (Å²) in [5, 5.41) is 2.82. The molecule has 1 heterocycles. The lowest BCUT2D eigenvalue weighted by Crippen LogP contribution is -2.00. The van der Waals surface area contributed by atoms with Crippen LogP contribution >= 0.6 is 0 Å². The Bertz CT molecular complexity index is 62.5. The topological polar surface area (TPSA) is 21.3 Å². The van der Waals surface area contributed by atoms with E-state index < -0.39 is 0 Å². The molecule has 0 aromatic heterocycles. The van der Waals surface area contributed by atoms with Gasteiger partial charge in [0.1, 0.15) is 0 Å². The zero-order valence-corrected chi connectivity index (χ0v) is 4.05. The van der Waals surface area contributed by atoms with Crippen molar-refractivity contribution in [1.82, 2.24) is 5.32 Å². The highest BCUT2D eigenvalue weighted by molar-refractivity contribution is 4.82. The summed E-state index contributed by atoms with van der Waals surface area (Å²) in [6, 6.07) is 0. The standard InChI is InChI=1S/C5H8NO/c1-2-4-7-5-6-3-1/h1,3,5-6H,2,4H2. The molecule has 1 rings (SSSR count). The fraction of sp³-hybridized carbons (Fsp3) is 0.400. The van der Waals surface area contributed by atoms with Crippen LogP contribution in [-0.4, -0.2) is 6.61 Å². The van der Waals surface area contributed by atoms with Crippen LogP contribution in [0.1, 0.15) is 6.42 Å². The minimum atomic E-state index is 0.795. The van der Waals surface area contributed by atoms with Crippen LogP contribution < -0.4 is 5.32 Å². The van der Waals surface area contributed by atoms with Crippen LogP contribution in [0.2, 0.25) is 0 Å². The molecule has 1 aliphatic heterocycles. The van der Waals surface area contributed by atoms with Crippen molar-refractivity contribution in [2.75, 3.05) is 6.61 Å². The molecule has 1 aliphatic rings. The maximum absolute atomic E-state index is 4.90. The molecule has 0 aliphatic carbocycles. The molecule has 0 amide bonds. The van der Waals surface area contributed by atoms with Gasteiger partial charge in [0.25, 0.3) is 0 Å². The first-order chi connectivity index (χ1) is 3.50. The lowest BCUT2D eigenvalue weighted by atomic mass is 10.4.